The Hall–Kier alpha value is -1.94. The van der Waals surface area contributed by atoms with Crippen molar-refractivity contribution < 1.29 is 17.9 Å². The molecule has 7 nitrogen and oxygen atoms in total. The van der Waals surface area contributed by atoms with E-state index in [1.807, 2.05) is 5.38 Å². The zero-order chi connectivity index (χ0) is 18.6. The van der Waals surface area contributed by atoms with Gasteiger partial charge in [-0.05, 0) is 53.1 Å². The Morgan fingerprint density at radius 3 is 2.73 bits per heavy atom. The van der Waals surface area contributed by atoms with Crippen LogP contribution in [0.1, 0.15) is 12.0 Å². The fraction of sp³-hybridized carbons (Fsp3) is 0.353. The van der Waals surface area contributed by atoms with E-state index in [0.717, 1.165) is 19.5 Å². The molecule has 1 atom stereocenters. The van der Waals surface area contributed by atoms with Crippen molar-refractivity contribution in [1.29, 1.82) is 0 Å². The van der Waals surface area contributed by atoms with Crippen molar-refractivity contribution in [1.82, 2.24) is 9.62 Å². The largest absolute Gasteiger partial charge is 0.484 e. The van der Waals surface area contributed by atoms with Gasteiger partial charge in [0.15, 0.2) is 6.61 Å². The minimum Gasteiger partial charge on any atom is -0.484 e. The first-order valence-electron chi connectivity index (χ1n) is 8.19. The molecule has 0 bridgehead atoms. The molecule has 0 radical (unpaired) electrons. The molecule has 0 spiro atoms. The first-order chi connectivity index (χ1) is 12.4. The maximum Gasteiger partial charge on any atom is 0.255 e. The van der Waals surface area contributed by atoms with E-state index in [4.69, 9.17) is 10.5 Å². The minimum absolute atomic E-state index is 0.107. The molecule has 9 heteroatoms. The smallest absolute Gasteiger partial charge is 0.255 e. The molecule has 1 amide bonds. The monoisotopic (exact) mass is 395 g/mol. The summed E-state index contributed by atoms with van der Waals surface area (Å²) >= 11 is 1.66. The number of carbonyl (C=O) groups is 1. The second kappa shape index (κ2) is 8.17. The molecule has 1 aliphatic rings. The van der Waals surface area contributed by atoms with E-state index in [2.05, 4.69) is 21.1 Å². The molecule has 1 saturated heterocycles. The molecular weight excluding hydrogens is 374 g/mol. The van der Waals surface area contributed by atoms with Crippen LogP contribution < -0.4 is 15.2 Å². The maximum absolute atomic E-state index is 12.5. The average Bonchev–Trinajstić information content (AvgIpc) is 3.25. The Kier molecular flexibility index (Phi) is 5.92. The lowest BCUT2D eigenvalue weighted by molar-refractivity contribution is -0.119. The maximum atomic E-state index is 12.5. The third-order valence-electron chi connectivity index (χ3n) is 4.10. The molecule has 2 heterocycles. The molecule has 0 saturated carbocycles. The summed E-state index contributed by atoms with van der Waals surface area (Å²) in [5, 5.41) is 4.15. The number of primary amides is 1. The van der Waals surface area contributed by atoms with Crippen molar-refractivity contribution >= 4 is 27.3 Å². The SMILES string of the molecule is NC(=O)COc1ccc(S(=O)(=O)NC2CCN(Cc3ccsc3)C2)cc1. The van der Waals surface area contributed by atoms with Gasteiger partial charge in [-0.15, -0.1) is 0 Å². The molecule has 1 unspecified atom stereocenters. The van der Waals surface area contributed by atoms with Crippen LogP contribution in [0.5, 0.6) is 5.75 Å². The zero-order valence-electron chi connectivity index (χ0n) is 14.1. The Morgan fingerprint density at radius 1 is 1.31 bits per heavy atom. The summed E-state index contributed by atoms with van der Waals surface area (Å²) in [4.78, 5) is 13.1. The van der Waals surface area contributed by atoms with E-state index in [-0.39, 0.29) is 17.5 Å². The van der Waals surface area contributed by atoms with Gasteiger partial charge < -0.3 is 10.5 Å². The number of benzene rings is 1. The van der Waals surface area contributed by atoms with Crippen molar-refractivity contribution in [2.75, 3.05) is 19.7 Å². The van der Waals surface area contributed by atoms with E-state index in [9.17, 15) is 13.2 Å². The van der Waals surface area contributed by atoms with Gasteiger partial charge in [0.2, 0.25) is 10.0 Å². The number of nitrogens with zero attached hydrogens (tertiary/aromatic N) is 1. The van der Waals surface area contributed by atoms with Crippen molar-refractivity contribution in [3.8, 4) is 5.75 Å². The van der Waals surface area contributed by atoms with E-state index in [1.165, 1.54) is 29.8 Å². The third kappa shape index (κ3) is 5.04. The van der Waals surface area contributed by atoms with Gasteiger partial charge in [-0.2, -0.15) is 11.3 Å². The van der Waals surface area contributed by atoms with Gasteiger partial charge >= 0.3 is 0 Å². The molecule has 1 fully saturated rings. The number of thiophene rings is 1. The number of nitrogens with two attached hydrogens (primary N) is 1. The highest BCUT2D eigenvalue weighted by atomic mass is 32.2. The fourth-order valence-corrected chi connectivity index (χ4v) is 4.79. The molecule has 1 aliphatic heterocycles. The highest BCUT2D eigenvalue weighted by Crippen LogP contribution is 2.19. The van der Waals surface area contributed by atoms with E-state index >= 15 is 0 Å². The fourth-order valence-electron chi connectivity index (χ4n) is 2.87. The third-order valence-corrected chi connectivity index (χ3v) is 6.36. The summed E-state index contributed by atoms with van der Waals surface area (Å²) in [6, 6.07) is 7.91. The quantitative estimate of drug-likeness (QED) is 0.699. The average molecular weight is 396 g/mol. The summed E-state index contributed by atoms with van der Waals surface area (Å²) in [5.74, 6) is -0.192. The van der Waals surface area contributed by atoms with Crippen LogP contribution in [0.15, 0.2) is 46.0 Å². The van der Waals surface area contributed by atoms with Crippen LogP contribution in [0.25, 0.3) is 0 Å². The number of nitrogens with one attached hydrogen (secondary N) is 1. The van der Waals surface area contributed by atoms with Gasteiger partial charge in [0.05, 0.1) is 4.90 Å². The molecule has 26 heavy (non-hydrogen) atoms. The number of likely N-dealkylation sites (tertiary alicyclic amines) is 1. The summed E-state index contributed by atoms with van der Waals surface area (Å²) in [6.07, 6.45) is 0.781. The molecule has 0 aliphatic carbocycles. The first-order valence-corrected chi connectivity index (χ1v) is 10.6. The summed E-state index contributed by atoms with van der Waals surface area (Å²) in [7, 11) is -3.60. The lowest BCUT2D eigenvalue weighted by Gasteiger charge is -2.16. The second-order valence-corrected chi connectivity index (χ2v) is 8.69. The van der Waals surface area contributed by atoms with Crippen LogP contribution in [0.4, 0.5) is 0 Å². The van der Waals surface area contributed by atoms with E-state index in [1.54, 1.807) is 11.3 Å². The number of hydrogen-bond donors (Lipinski definition) is 2. The second-order valence-electron chi connectivity index (χ2n) is 6.20. The van der Waals surface area contributed by atoms with Crippen LogP contribution >= 0.6 is 11.3 Å². The Labute approximate surface area is 156 Å². The van der Waals surface area contributed by atoms with Gasteiger partial charge in [0, 0.05) is 25.7 Å². The van der Waals surface area contributed by atoms with Crippen molar-refractivity contribution in [3.63, 3.8) is 0 Å². The van der Waals surface area contributed by atoms with Crippen LogP contribution in [-0.4, -0.2) is 45.0 Å². The van der Waals surface area contributed by atoms with Gasteiger partial charge in [-0.3, -0.25) is 9.69 Å². The van der Waals surface area contributed by atoms with Gasteiger partial charge in [-0.25, -0.2) is 13.1 Å². The van der Waals surface area contributed by atoms with Crippen LogP contribution in [0.3, 0.4) is 0 Å². The normalized spacial score (nSPS) is 18.1. The highest BCUT2D eigenvalue weighted by molar-refractivity contribution is 7.89. The molecule has 3 N–H and O–H groups in total. The van der Waals surface area contributed by atoms with Gasteiger partial charge in [0.25, 0.3) is 5.91 Å². The number of amides is 1. The number of sulfonamides is 1. The molecule has 140 valence electrons. The van der Waals surface area contributed by atoms with Crippen molar-refractivity contribution in [3.05, 3.63) is 46.7 Å². The summed E-state index contributed by atoms with van der Waals surface area (Å²) < 4.78 is 33.0. The standard InChI is InChI=1S/C17H21N3O4S2/c18-17(21)11-24-15-1-3-16(4-2-15)26(22,23)19-14-5-7-20(10-14)9-13-6-8-25-12-13/h1-4,6,8,12,14,19H,5,7,9-11H2,(H2,18,21). The number of hydrogen-bond acceptors (Lipinski definition) is 6. The van der Waals surface area contributed by atoms with Crippen LogP contribution in [-0.2, 0) is 21.4 Å². The lowest BCUT2D eigenvalue weighted by Crippen LogP contribution is -2.36. The lowest BCUT2D eigenvalue weighted by atomic mass is 10.3. The zero-order valence-corrected chi connectivity index (χ0v) is 15.8. The summed E-state index contributed by atoms with van der Waals surface area (Å²) in [6.45, 7) is 2.15. The molecule has 2 aromatic rings. The van der Waals surface area contributed by atoms with Gasteiger partial charge in [0.1, 0.15) is 5.75 Å². The highest BCUT2D eigenvalue weighted by Gasteiger charge is 2.27. The Morgan fingerprint density at radius 2 is 2.08 bits per heavy atom. The Bertz CT molecular complexity index is 835. The van der Waals surface area contributed by atoms with Crippen molar-refractivity contribution in [2.45, 2.75) is 23.9 Å². The summed E-state index contributed by atoms with van der Waals surface area (Å²) in [5.41, 5.74) is 6.27. The van der Waals surface area contributed by atoms with E-state index < -0.39 is 15.9 Å². The predicted octanol–water partition coefficient (Wildman–Crippen LogP) is 1.17. The van der Waals surface area contributed by atoms with E-state index in [0.29, 0.717) is 12.3 Å². The van der Waals surface area contributed by atoms with Gasteiger partial charge in [-0.1, -0.05) is 0 Å². The number of ether oxygens (including phenoxy) is 1. The topological polar surface area (TPSA) is 102 Å². The predicted molar refractivity (Wildman–Crippen MR) is 99.5 cm³/mol. The Balaban J connectivity index is 1.56. The molecule has 1 aromatic carbocycles. The van der Waals surface area contributed by atoms with Crippen LogP contribution in [0.2, 0.25) is 0 Å². The first kappa shape index (κ1) is 18.8. The number of rotatable bonds is 8. The van der Waals surface area contributed by atoms with Crippen LogP contribution in [0, 0.1) is 0 Å². The number of carbonyl (C=O) groups excluding carboxylic acids is 1. The molecule has 3 rings (SSSR count). The minimum atomic E-state index is -3.60. The molecular formula is C17H21N3O4S2. The van der Waals surface area contributed by atoms with Crippen molar-refractivity contribution in [2.24, 2.45) is 5.73 Å². The molecule has 1 aromatic heterocycles.